The molecule has 92 valence electrons. The molecule has 0 aromatic heterocycles. The molecule has 0 aliphatic rings. The highest BCUT2D eigenvalue weighted by atomic mass is 16.5. The Balaban J connectivity index is 2.92. The standard InChI is InChI=1S/C12H15NO4/c1-8(2)12(13,10(14)15)11(16)17-9-6-4-3-5-7-9/h3-8H,13H2,1-2H3,(H,14,15)/t12-/m0/s1. The number of carboxylic acid groups (broad SMARTS) is 1. The second-order valence-corrected chi connectivity index (χ2v) is 4.03. The Kier molecular flexibility index (Phi) is 3.85. The zero-order chi connectivity index (χ0) is 13.1. The van der Waals surface area contributed by atoms with Crippen LogP contribution in [0, 0.1) is 5.92 Å². The third-order valence-corrected chi connectivity index (χ3v) is 2.56. The minimum Gasteiger partial charge on any atom is -0.479 e. The van der Waals surface area contributed by atoms with Crippen LogP contribution in [-0.4, -0.2) is 22.6 Å². The monoisotopic (exact) mass is 237 g/mol. The normalized spacial score (nSPS) is 14.1. The van der Waals surface area contributed by atoms with Gasteiger partial charge in [0.05, 0.1) is 0 Å². The highest BCUT2D eigenvalue weighted by Crippen LogP contribution is 2.19. The van der Waals surface area contributed by atoms with Gasteiger partial charge >= 0.3 is 11.9 Å². The minimum absolute atomic E-state index is 0.272. The Morgan fingerprint density at radius 1 is 1.29 bits per heavy atom. The van der Waals surface area contributed by atoms with Gasteiger partial charge in [-0.05, 0) is 18.1 Å². The SMILES string of the molecule is CC(C)[C@](N)(C(=O)O)C(=O)Oc1ccccc1. The molecule has 0 aliphatic heterocycles. The highest BCUT2D eigenvalue weighted by molar-refractivity contribution is 6.04. The van der Waals surface area contributed by atoms with Gasteiger partial charge in [-0.1, -0.05) is 32.0 Å². The quantitative estimate of drug-likeness (QED) is 0.463. The lowest BCUT2D eigenvalue weighted by atomic mass is 9.87. The van der Waals surface area contributed by atoms with Crippen LogP contribution >= 0.6 is 0 Å². The minimum atomic E-state index is -2.03. The maximum atomic E-state index is 11.8. The molecule has 0 aliphatic carbocycles. The number of ether oxygens (including phenoxy) is 1. The van der Waals surface area contributed by atoms with Gasteiger partial charge in [0, 0.05) is 0 Å². The lowest BCUT2D eigenvalue weighted by Crippen LogP contribution is -2.60. The fourth-order valence-corrected chi connectivity index (χ4v) is 1.25. The van der Waals surface area contributed by atoms with E-state index in [2.05, 4.69) is 0 Å². The smallest absolute Gasteiger partial charge is 0.343 e. The molecule has 5 heteroatoms. The number of esters is 1. The molecule has 3 N–H and O–H groups in total. The van der Waals surface area contributed by atoms with E-state index in [1.54, 1.807) is 44.2 Å². The highest BCUT2D eigenvalue weighted by Gasteiger charge is 2.47. The zero-order valence-electron chi connectivity index (χ0n) is 9.71. The largest absolute Gasteiger partial charge is 0.479 e. The molecule has 0 unspecified atom stereocenters. The molecule has 0 fully saturated rings. The van der Waals surface area contributed by atoms with Gasteiger partial charge in [-0.3, -0.25) is 0 Å². The lowest BCUT2D eigenvalue weighted by molar-refractivity contribution is -0.157. The molecule has 1 aromatic rings. The molecule has 0 amide bonds. The first kappa shape index (κ1) is 13.2. The molecule has 5 nitrogen and oxygen atoms in total. The van der Waals surface area contributed by atoms with Crippen LogP contribution in [0.25, 0.3) is 0 Å². The first-order valence-electron chi connectivity index (χ1n) is 5.18. The van der Waals surface area contributed by atoms with E-state index in [4.69, 9.17) is 15.6 Å². The summed E-state index contributed by atoms with van der Waals surface area (Å²) in [4.78, 5) is 22.9. The van der Waals surface area contributed by atoms with Crippen molar-refractivity contribution in [3.8, 4) is 5.75 Å². The summed E-state index contributed by atoms with van der Waals surface area (Å²) in [5.74, 6) is -2.66. The molecule has 0 saturated heterocycles. The van der Waals surface area contributed by atoms with Crippen molar-refractivity contribution in [1.82, 2.24) is 0 Å². The number of carbonyl (C=O) groups is 2. The molecule has 0 heterocycles. The molecular formula is C12H15NO4. The average molecular weight is 237 g/mol. The van der Waals surface area contributed by atoms with Crippen LogP contribution in [0.2, 0.25) is 0 Å². The van der Waals surface area contributed by atoms with E-state index in [9.17, 15) is 9.59 Å². The summed E-state index contributed by atoms with van der Waals surface area (Å²) in [5, 5.41) is 9.03. The number of nitrogens with two attached hydrogens (primary N) is 1. The van der Waals surface area contributed by atoms with Crippen molar-refractivity contribution in [3.63, 3.8) is 0 Å². The van der Waals surface area contributed by atoms with Crippen LogP contribution in [0.1, 0.15) is 13.8 Å². The molecule has 0 spiro atoms. The number of aliphatic carboxylic acids is 1. The number of hydrogen-bond acceptors (Lipinski definition) is 4. The summed E-state index contributed by atoms with van der Waals surface area (Å²) in [7, 11) is 0. The fraction of sp³-hybridized carbons (Fsp3) is 0.333. The first-order chi connectivity index (χ1) is 7.89. The van der Waals surface area contributed by atoms with E-state index in [1.807, 2.05) is 0 Å². The van der Waals surface area contributed by atoms with Crippen molar-refractivity contribution >= 4 is 11.9 Å². The molecular weight excluding hydrogens is 222 g/mol. The van der Waals surface area contributed by atoms with E-state index in [-0.39, 0.29) is 5.75 Å². The van der Waals surface area contributed by atoms with Crippen molar-refractivity contribution in [2.45, 2.75) is 19.4 Å². The van der Waals surface area contributed by atoms with Gasteiger partial charge in [0.1, 0.15) is 5.75 Å². The summed E-state index contributed by atoms with van der Waals surface area (Å²) < 4.78 is 4.96. The number of hydrogen-bond donors (Lipinski definition) is 2. The zero-order valence-corrected chi connectivity index (χ0v) is 9.71. The van der Waals surface area contributed by atoms with Gasteiger partial charge in [-0.15, -0.1) is 0 Å². The Labute approximate surface area is 99.2 Å². The van der Waals surface area contributed by atoms with E-state index >= 15 is 0 Å². The molecule has 1 atom stereocenters. The van der Waals surface area contributed by atoms with Crippen LogP contribution in [-0.2, 0) is 9.59 Å². The van der Waals surface area contributed by atoms with Crippen LogP contribution < -0.4 is 10.5 Å². The van der Waals surface area contributed by atoms with Gasteiger partial charge in [0.25, 0.3) is 0 Å². The average Bonchev–Trinajstić information content (AvgIpc) is 2.28. The summed E-state index contributed by atoms with van der Waals surface area (Å²) in [6.45, 7) is 3.11. The third-order valence-electron chi connectivity index (χ3n) is 2.56. The Morgan fingerprint density at radius 2 is 1.82 bits per heavy atom. The summed E-state index contributed by atoms with van der Waals surface area (Å²) in [6, 6.07) is 8.22. The molecule has 1 aromatic carbocycles. The fourth-order valence-electron chi connectivity index (χ4n) is 1.25. The van der Waals surface area contributed by atoms with E-state index in [0.29, 0.717) is 0 Å². The number of carboxylic acids is 1. The second-order valence-electron chi connectivity index (χ2n) is 4.03. The van der Waals surface area contributed by atoms with Crippen molar-refractivity contribution in [1.29, 1.82) is 0 Å². The van der Waals surface area contributed by atoms with Crippen LogP contribution in [0.5, 0.6) is 5.75 Å². The predicted molar refractivity (Wildman–Crippen MR) is 61.5 cm³/mol. The summed E-state index contributed by atoms with van der Waals surface area (Å²) >= 11 is 0. The molecule has 0 bridgehead atoms. The summed E-state index contributed by atoms with van der Waals surface area (Å²) in [6.07, 6.45) is 0. The van der Waals surface area contributed by atoms with Gasteiger partial charge in [0.15, 0.2) is 0 Å². The second kappa shape index (κ2) is 4.97. The lowest BCUT2D eigenvalue weighted by Gasteiger charge is -2.26. The molecule has 0 saturated carbocycles. The first-order valence-corrected chi connectivity index (χ1v) is 5.18. The summed E-state index contributed by atoms with van der Waals surface area (Å²) in [5.41, 5.74) is 3.57. The molecule has 0 radical (unpaired) electrons. The Hall–Kier alpha value is -1.88. The Bertz CT molecular complexity index is 416. The number of para-hydroxylation sites is 1. The van der Waals surface area contributed by atoms with Crippen molar-refractivity contribution in [2.24, 2.45) is 11.7 Å². The van der Waals surface area contributed by atoms with E-state index in [1.165, 1.54) is 0 Å². The van der Waals surface area contributed by atoms with Crippen molar-refractivity contribution in [2.75, 3.05) is 0 Å². The van der Waals surface area contributed by atoms with Crippen LogP contribution in [0.15, 0.2) is 30.3 Å². The Morgan fingerprint density at radius 3 is 2.24 bits per heavy atom. The third kappa shape index (κ3) is 2.62. The van der Waals surface area contributed by atoms with Crippen LogP contribution in [0.3, 0.4) is 0 Å². The number of benzene rings is 1. The van der Waals surface area contributed by atoms with Gasteiger partial charge in [-0.25, -0.2) is 9.59 Å². The van der Waals surface area contributed by atoms with Gasteiger partial charge in [-0.2, -0.15) is 0 Å². The predicted octanol–water partition coefficient (Wildman–Crippen LogP) is 1.03. The van der Waals surface area contributed by atoms with Gasteiger partial charge in [0.2, 0.25) is 5.54 Å². The maximum absolute atomic E-state index is 11.8. The number of rotatable bonds is 4. The maximum Gasteiger partial charge on any atom is 0.343 e. The molecule has 17 heavy (non-hydrogen) atoms. The van der Waals surface area contributed by atoms with Crippen molar-refractivity contribution in [3.05, 3.63) is 30.3 Å². The number of carbonyl (C=O) groups excluding carboxylic acids is 1. The topological polar surface area (TPSA) is 89.6 Å². The van der Waals surface area contributed by atoms with E-state index < -0.39 is 23.4 Å². The van der Waals surface area contributed by atoms with Gasteiger partial charge < -0.3 is 15.6 Å². The molecule has 1 rings (SSSR count). The van der Waals surface area contributed by atoms with Crippen molar-refractivity contribution < 1.29 is 19.4 Å². The van der Waals surface area contributed by atoms with E-state index in [0.717, 1.165) is 0 Å². The van der Waals surface area contributed by atoms with Crippen LogP contribution in [0.4, 0.5) is 0 Å².